The molecule has 1 saturated heterocycles. The molecule has 0 spiro atoms. The number of fused-ring (bicyclic) bond motifs is 1. The lowest BCUT2D eigenvalue weighted by Gasteiger charge is -2.39. The third-order valence-corrected chi connectivity index (χ3v) is 6.80. The standard InChI is InChI=1S/C27H31N3O5/c1-5-12-28-16-25(31)29(18(3)26(28)32)15-24-17(2)22-13-21(35-4)10-11-23(22)30(24)14-19-6-8-20(9-7-19)27(33)34/h6-11,13,18H,5,12,14-16H2,1-4H3,(H,33,34). The summed E-state index contributed by atoms with van der Waals surface area (Å²) in [6.07, 6.45) is 0.807. The first-order valence-electron chi connectivity index (χ1n) is 11.8. The summed E-state index contributed by atoms with van der Waals surface area (Å²) >= 11 is 0. The van der Waals surface area contributed by atoms with Crippen LogP contribution in [0.1, 0.15) is 47.4 Å². The number of amides is 2. The summed E-state index contributed by atoms with van der Waals surface area (Å²) < 4.78 is 7.58. The summed E-state index contributed by atoms with van der Waals surface area (Å²) in [6.45, 7) is 7.28. The second-order valence-corrected chi connectivity index (χ2v) is 9.00. The zero-order chi connectivity index (χ0) is 25.3. The van der Waals surface area contributed by atoms with E-state index in [1.54, 1.807) is 48.1 Å². The van der Waals surface area contributed by atoms with Crippen molar-refractivity contribution in [3.63, 3.8) is 0 Å². The molecule has 3 aromatic rings. The van der Waals surface area contributed by atoms with Crippen LogP contribution in [0, 0.1) is 6.92 Å². The van der Waals surface area contributed by atoms with Gasteiger partial charge in [0, 0.05) is 29.7 Å². The molecule has 4 rings (SSSR count). The molecule has 0 bridgehead atoms. The van der Waals surface area contributed by atoms with Gasteiger partial charge in [0.15, 0.2) is 0 Å². The average molecular weight is 478 g/mol. The Balaban J connectivity index is 1.75. The first-order chi connectivity index (χ1) is 16.7. The van der Waals surface area contributed by atoms with Gasteiger partial charge in [0.25, 0.3) is 0 Å². The van der Waals surface area contributed by atoms with Gasteiger partial charge in [-0.1, -0.05) is 19.1 Å². The van der Waals surface area contributed by atoms with Gasteiger partial charge in [-0.25, -0.2) is 4.79 Å². The van der Waals surface area contributed by atoms with E-state index in [2.05, 4.69) is 4.57 Å². The van der Waals surface area contributed by atoms with Crippen LogP contribution in [0.15, 0.2) is 42.5 Å². The maximum absolute atomic E-state index is 13.1. The third-order valence-electron chi connectivity index (χ3n) is 6.80. The van der Waals surface area contributed by atoms with E-state index in [1.807, 2.05) is 32.0 Å². The van der Waals surface area contributed by atoms with Crippen LogP contribution in [0.4, 0.5) is 0 Å². The fourth-order valence-corrected chi connectivity index (χ4v) is 4.79. The van der Waals surface area contributed by atoms with Crippen LogP contribution in [-0.2, 0) is 22.7 Å². The first kappa shape index (κ1) is 24.3. The second kappa shape index (κ2) is 9.82. The van der Waals surface area contributed by atoms with Crippen LogP contribution in [0.25, 0.3) is 10.9 Å². The van der Waals surface area contributed by atoms with Gasteiger partial charge in [-0.05, 0) is 61.7 Å². The average Bonchev–Trinajstić information content (AvgIpc) is 3.10. The molecule has 0 radical (unpaired) electrons. The Bertz CT molecular complexity index is 1280. The monoisotopic (exact) mass is 477 g/mol. The topological polar surface area (TPSA) is 92.1 Å². The number of carbonyl (C=O) groups excluding carboxylic acids is 2. The molecule has 0 aliphatic carbocycles. The Morgan fingerprint density at radius 1 is 1.11 bits per heavy atom. The van der Waals surface area contributed by atoms with Gasteiger partial charge >= 0.3 is 5.97 Å². The number of ether oxygens (including phenoxy) is 1. The minimum absolute atomic E-state index is 0.0299. The number of carboxylic acids is 1. The van der Waals surface area contributed by atoms with Crippen molar-refractivity contribution in [2.45, 2.75) is 46.3 Å². The smallest absolute Gasteiger partial charge is 0.335 e. The minimum Gasteiger partial charge on any atom is -0.497 e. The highest BCUT2D eigenvalue weighted by atomic mass is 16.5. The van der Waals surface area contributed by atoms with Gasteiger partial charge < -0.3 is 24.2 Å². The van der Waals surface area contributed by atoms with Gasteiger partial charge in [-0.2, -0.15) is 0 Å². The number of aryl methyl sites for hydroxylation is 1. The summed E-state index contributed by atoms with van der Waals surface area (Å²) in [6, 6.07) is 12.1. The van der Waals surface area contributed by atoms with Crippen molar-refractivity contribution in [3.05, 3.63) is 64.8 Å². The normalized spacial score (nSPS) is 16.3. The molecule has 2 aromatic carbocycles. The number of aromatic carboxylic acids is 1. The lowest BCUT2D eigenvalue weighted by Crippen LogP contribution is -2.58. The molecule has 8 heteroatoms. The molecule has 1 atom stereocenters. The van der Waals surface area contributed by atoms with Crippen LogP contribution in [0.2, 0.25) is 0 Å². The van der Waals surface area contributed by atoms with E-state index in [0.29, 0.717) is 19.6 Å². The predicted octanol–water partition coefficient (Wildman–Crippen LogP) is 3.67. The fourth-order valence-electron chi connectivity index (χ4n) is 4.79. The molecule has 1 N–H and O–H groups in total. The number of nitrogens with zero attached hydrogens (tertiary/aromatic N) is 3. The number of hydrogen-bond donors (Lipinski definition) is 1. The molecular formula is C27H31N3O5. The van der Waals surface area contributed by atoms with Crippen LogP contribution in [0.5, 0.6) is 5.75 Å². The zero-order valence-corrected chi connectivity index (χ0v) is 20.6. The van der Waals surface area contributed by atoms with E-state index >= 15 is 0 Å². The van der Waals surface area contributed by atoms with E-state index in [0.717, 1.165) is 39.9 Å². The number of carbonyl (C=O) groups is 3. The van der Waals surface area contributed by atoms with Crippen molar-refractivity contribution in [2.24, 2.45) is 0 Å². The van der Waals surface area contributed by atoms with Crippen LogP contribution < -0.4 is 4.74 Å². The number of aromatic nitrogens is 1. The highest BCUT2D eigenvalue weighted by Crippen LogP contribution is 2.32. The van der Waals surface area contributed by atoms with Gasteiger partial charge in [0.1, 0.15) is 11.8 Å². The van der Waals surface area contributed by atoms with Gasteiger partial charge in [-0.3, -0.25) is 9.59 Å². The van der Waals surface area contributed by atoms with E-state index in [9.17, 15) is 19.5 Å². The SMILES string of the molecule is CCCN1CC(=O)N(Cc2c(C)c3cc(OC)ccc3n2Cc2ccc(C(=O)O)cc2)C(C)C1=O. The summed E-state index contributed by atoms with van der Waals surface area (Å²) in [7, 11) is 1.63. The van der Waals surface area contributed by atoms with Crippen molar-refractivity contribution >= 4 is 28.7 Å². The molecule has 184 valence electrons. The maximum Gasteiger partial charge on any atom is 0.335 e. The third kappa shape index (κ3) is 4.60. The number of hydrogen-bond acceptors (Lipinski definition) is 4. The van der Waals surface area contributed by atoms with Gasteiger partial charge in [-0.15, -0.1) is 0 Å². The largest absolute Gasteiger partial charge is 0.497 e. The zero-order valence-electron chi connectivity index (χ0n) is 20.6. The molecule has 1 aromatic heterocycles. The molecule has 35 heavy (non-hydrogen) atoms. The first-order valence-corrected chi connectivity index (χ1v) is 11.8. The molecule has 1 aliphatic rings. The Morgan fingerprint density at radius 2 is 1.83 bits per heavy atom. The quantitative estimate of drug-likeness (QED) is 0.534. The van der Waals surface area contributed by atoms with E-state index in [4.69, 9.17) is 4.74 Å². The summed E-state index contributed by atoms with van der Waals surface area (Å²) in [5.41, 5.74) is 4.11. The molecule has 2 amide bonds. The van der Waals surface area contributed by atoms with Gasteiger partial charge in [0.2, 0.25) is 11.8 Å². The highest BCUT2D eigenvalue weighted by molar-refractivity contribution is 5.95. The maximum atomic E-state index is 13.1. The number of benzene rings is 2. The summed E-state index contributed by atoms with van der Waals surface area (Å²) in [4.78, 5) is 40.6. The molecule has 1 fully saturated rings. The molecular weight excluding hydrogens is 446 g/mol. The summed E-state index contributed by atoms with van der Waals surface area (Å²) in [5.74, 6) is -0.322. The number of carboxylic acid groups (broad SMARTS) is 1. The van der Waals surface area contributed by atoms with Crippen LogP contribution >= 0.6 is 0 Å². The Labute approximate surface area is 204 Å². The van der Waals surface area contributed by atoms with Crippen molar-refractivity contribution < 1.29 is 24.2 Å². The van der Waals surface area contributed by atoms with Gasteiger partial charge in [0.05, 0.1) is 25.8 Å². The van der Waals surface area contributed by atoms with E-state index in [1.165, 1.54) is 0 Å². The number of piperazine rings is 1. The van der Waals surface area contributed by atoms with Crippen molar-refractivity contribution in [2.75, 3.05) is 20.2 Å². The lowest BCUT2D eigenvalue weighted by molar-refractivity contribution is -0.155. The molecule has 2 heterocycles. The Morgan fingerprint density at radius 3 is 2.46 bits per heavy atom. The highest BCUT2D eigenvalue weighted by Gasteiger charge is 2.36. The predicted molar refractivity (Wildman–Crippen MR) is 133 cm³/mol. The molecule has 0 saturated carbocycles. The minimum atomic E-state index is -0.967. The van der Waals surface area contributed by atoms with Crippen LogP contribution in [0.3, 0.4) is 0 Å². The van der Waals surface area contributed by atoms with E-state index < -0.39 is 12.0 Å². The van der Waals surface area contributed by atoms with Crippen molar-refractivity contribution in [3.8, 4) is 5.75 Å². The fraction of sp³-hybridized carbons (Fsp3) is 0.370. The molecule has 1 aliphatic heterocycles. The number of methoxy groups -OCH3 is 1. The summed E-state index contributed by atoms with van der Waals surface area (Å²) in [5, 5.41) is 10.2. The van der Waals surface area contributed by atoms with Crippen molar-refractivity contribution in [1.82, 2.24) is 14.4 Å². The molecule has 1 unspecified atom stereocenters. The van der Waals surface area contributed by atoms with E-state index in [-0.39, 0.29) is 23.9 Å². The number of rotatable bonds is 8. The second-order valence-electron chi connectivity index (χ2n) is 9.00. The lowest BCUT2D eigenvalue weighted by atomic mass is 10.1. The molecule has 8 nitrogen and oxygen atoms in total. The van der Waals surface area contributed by atoms with Crippen LogP contribution in [-0.4, -0.2) is 63.5 Å². The Kier molecular flexibility index (Phi) is 6.82. The van der Waals surface area contributed by atoms with Crippen molar-refractivity contribution in [1.29, 1.82) is 0 Å². The Hall–Kier alpha value is -3.81.